The van der Waals surface area contributed by atoms with E-state index in [0.717, 1.165) is 16.9 Å². The summed E-state index contributed by atoms with van der Waals surface area (Å²) in [4.78, 5) is 0.0362. The van der Waals surface area contributed by atoms with E-state index in [0.29, 0.717) is 13.0 Å². The number of hydrogen-bond acceptors (Lipinski definition) is 7. The zero-order valence-electron chi connectivity index (χ0n) is 17.3. The van der Waals surface area contributed by atoms with Crippen LogP contribution < -0.4 is 14.8 Å². The van der Waals surface area contributed by atoms with Crippen molar-refractivity contribution < 1.29 is 26.3 Å². The normalized spacial score (nSPS) is 20.8. The van der Waals surface area contributed by atoms with Crippen LogP contribution >= 0.6 is 0 Å². The third-order valence-corrected chi connectivity index (χ3v) is 9.47. The number of nitrogens with one attached hydrogen (secondary N) is 1. The van der Waals surface area contributed by atoms with E-state index >= 15 is 0 Å². The summed E-state index contributed by atoms with van der Waals surface area (Å²) in [6.07, 6.45) is 0.640. The minimum Gasteiger partial charge on any atom is -0.497 e. The van der Waals surface area contributed by atoms with Crippen LogP contribution in [0.25, 0.3) is 0 Å². The van der Waals surface area contributed by atoms with E-state index in [-0.39, 0.29) is 16.4 Å². The van der Waals surface area contributed by atoms with Crippen molar-refractivity contribution >= 4 is 19.7 Å². The molecule has 0 unspecified atom stereocenters. The van der Waals surface area contributed by atoms with Crippen molar-refractivity contribution in [3.8, 4) is 11.5 Å². The molecular formula is C21H27NO6S2. The number of sulfone groups is 2. The van der Waals surface area contributed by atoms with Crippen molar-refractivity contribution in [2.24, 2.45) is 0 Å². The Balaban J connectivity index is 1.79. The lowest BCUT2D eigenvalue weighted by Crippen LogP contribution is -2.44. The van der Waals surface area contributed by atoms with Crippen LogP contribution in [-0.2, 0) is 26.1 Å². The van der Waals surface area contributed by atoms with Gasteiger partial charge in [-0.15, -0.1) is 0 Å². The molecule has 2 aromatic rings. The fourth-order valence-electron chi connectivity index (χ4n) is 3.68. The average Bonchev–Trinajstić information content (AvgIpc) is 3.03. The molecule has 0 amide bonds. The molecule has 2 aromatic carbocycles. The predicted molar refractivity (Wildman–Crippen MR) is 116 cm³/mol. The Morgan fingerprint density at radius 2 is 1.73 bits per heavy atom. The van der Waals surface area contributed by atoms with E-state index in [2.05, 4.69) is 5.32 Å². The summed E-state index contributed by atoms with van der Waals surface area (Å²) in [6, 6.07) is 11.8. The molecule has 1 N–H and O–H groups in total. The zero-order valence-corrected chi connectivity index (χ0v) is 18.9. The van der Waals surface area contributed by atoms with Gasteiger partial charge in [0.2, 0.25) is 0 Å². The van der Waals surface area contributed by atoms with Gasteiger partial charge >= 0.3 is 0 Å². The minimum atomic E-state index is -3.91. The molecule has 2 atom stereocenters. The van der Waals surface area contributed by atoms with Gasteiger partial charge < -0.3 is 14.8 Å². The van der Waals surface area contributed by atoms with Crippen LogP contribution in [0.2, 0.25) is 0 Å². The lowest BCUT2D eigenvalue weighted by atomic mass is 10.1. The molecule has 0 spiro atoms. The number of methoxy groups -OCH3 is 2. The quantitative estimate of drug-likeness (QED) is 0.650. The highest BCUT2D eigenvalue weighted by Gasteiger charge is 2.46. The van der Waals surface area contributed by atoms with Crippen LogP contribution in [0.4, 0.5) is 0 Å². The molecule has 30 heavy (non-hydrogen) atoms. The number of benzene rings is 2. The molecule has 0 radical (unpaired) electrons. The van der Waals surface area contributed by atoms with Crippen LogP contribution in [0, 0.1) is 6.92 Å². The molecule has 1 heterocycles. The lowest BCUT2D eigenvalue weighted by molar-refractivity contribution is 0.402. The summed E-state index contributed by atoms with van der Waals surface area (Å²) in [6.45, 7) is 2.25. The maximum atomic E-state index is 13.4. The molecule has 3 rings (SSSR count). The first-order chi connectivity index (χ1) is 14.2. The van der Waals surface area contributed by atoms with Gasteiger partial charge in [-0.2, -0.15) is 0 Å². The van der Waals surface area contributed by atoms with Gasteiger partial charge in [0.05, 0.1) is 31.0 Å². The van der Waals surface area contributed by atoms with Crippen molar-refractivity contribution in [3.05, 3.63) is 53.6 Å². The monoisotopic (exact) mass is 453 g/mol. The summed E-state index contributed by atoms with van der Waals surface area (Å²) in [5, 5.41) is 2.10. The first-order valence-corrected chi connectivity index (χ1v) is 13.0. The van der Waals surface area contributed by atoms with Crippen LogP contribution in [0.1, 0.15) is 11.1 Å². The summed E-state index contributed by atoms with van der Waals surface area (Å²) < 4.78 is 61.7. The Labute approximate surface area is 178 Å². The van der Waals surface area contributed by atoms with E-state index in [1.54, 1.807) is 26.2 Å². The van der Waals surface area contributed by atoms with Gasteiger partial charge in [-0.1, -0.05) is 18.2 Å². The van der Waals surface area contributed by atoms with Gasteiger partial charge in [0.15, 0.2) is 19.7 Å². The third kappa shape index (κ3) is 4.96. The number of hydrogen-bond donors (Lipinski definition) is 1. The molecule has 0 bridgehead atoms. The third-order valence-electron chi connectivity index (χ3n) is 5.30. The van der Waals surface area contributed by atoms with Crippen molar-refractivity contribution in [2.75, 3.05) is 32.3 Å². The fourth-order valence-corrected chi connectivity index (χ4v) is 8.63. The molecule has 164 valence electrons. The van der Waals surface area contributed by atoms with Crippen LogP contribution in [0.3, 0.4) is 0 Å². The van der Waals surface area contributed by atoms with Gasteiger partial charge in [0, 0.05) is 6.04 Å². The maximum Gasteiger partial charge on any atom is 0.187 e. The summed E-state index contributed by atoms with van der Waals surface area (Å²) in [5.41, 5.74) is 1.81. The Hall–Kier alpha value is -2.10. The second-order valence-electron chi connectivity index (χ2n) is 7.47. The van der Waals surface area contributed by atoms with E-state index in [9.17, 15) is 16.8 Å². The highest BCUT2D eigenvalue weighted by molar-refractivity contribution is 7.96. The zero-order chi connectivity index (χ0) is 21.9. The van der Waals surface area contributed by atoms with Crippen molar-refractivity contribution in [3.63, 3.8) is 0 Å². The standard InChI is InChI=1S/C21H27NO6S2/c1-15-4-9-19(28-3)20(12-15)30(25,26)21-14-29(23,24)13-18(21)22-11-10-16-5-7-17(27-2)8-6-16/h4-9,12,18,21-22H,10-11,13-14H2,1-3H3/t18-,21-/m0/s1. The lowest BCUT2D eigenvalue weighted by Gasteiger charge is -2.21. The summed E-state index contributed by atoms with van der Waals surface area (Å²) in [7, 11) is -4.38. The molecule has 1 aliphatic heterocycles. The van der Waals surface area contributed by atoms with Gasteiger partial charge in [-0.05, 0) is 55.3 Å². The topological polar surface area (TPSA) is 98.8 Å². The van der Waals surface area contributed by atoms with Crippen molar-refractivity contribution in [1.82, 2.24) is 5.32 Å². The van der Waals surface area contributed by atoms with Crippen LogP contribution in [0.5, 0.6) is 11.5 Å². The molecule has 1 aliphatic rings. The Kier molecular flexibility index (Phi) is 6.74. The molecule has 7 nitrogen and oxygen atoms in total. The first-order valence-electron chi connectivity index (χ1n) is 9.61. The first kappa shape index (κ1) is 22.6. The summed E-state index contributed by atoms with van der Waals surface area (Å²) >= 11 is 0. The SMILES string of the molecule is COc1ccc(CCN[C@H]2CS(=O)(=O)C[C@@H]2S(=O)(=O)c2cc(C)ccc2OC)cc1. The van der Waals surface area contributed by atoms with Crippen LogP contribution in [-0.4, -0.2) is 60.4 Å². The van der Waals surface area contributed by atoms with E-state index < -0.39 is 36.7 Å². The van der Waals surface area contributed by atoms with Gasteiger partial charge in [0.25, 0.3) is 0 Å². The minimum absolute atomic E-state index is 0.0362. The van der Waals surface area contributed by atoms with Crippen molar-refractivity contribution in [1.29, 1.82) is 0 Å². The Morgan fingerprint density at radius 1 is 1.03 bits per heavy atom. The molecular weight excluding hydrogens is 426 g/mol. The fraction of sp³-hybridized carbons (Fsp3) is 0.429. The van der Waals surface area contributed by atoms with Gasteiger partial charge in [0.1, 0.15) is 16.4 Å². The second kappa shape index (κ2) is 8.95. The van der Waals surface area contributed by atoms with E-state index in [4.69, 9.17) is 9.47 Å². The highest BCUT2D eigenvalue weighted by Crippen LogP contribution is 2.32. The summed E-state index contributed by atoms with van der Waals surface area (Å²) in [5.74, 6) is 0.383. The maximum absolute atomic E-state index is 13.4. The second-order valence-corrected chi connectivity index (χ2v) is 11.8. The molecule has 0 saturated carbocycles. The van der Waals surface area contributed by atoms with Crippen LogP contribution in [0.15, 0.2) is 47.4 Å². The highest BCUT2D eigenvalue weighted by atomic mass is 32.2. The molecule has 9 heteroatoms. The number of ether oxygens (including phenoxy) is 2. The van der Waals surface area contributed by atoms with Gasteiger partial charge in [-0.3, -0.25) is 0 Å². The van der Waals surface area contributed by atoms with E-state index in [1.165, 1.54) is 13.2 Å². The van der Waals surface area contributed by atoms with Gasteiger partial charge in [-0.25, -0.2) is 16.8 Å². The average molecular weight is 454 g/mol. The predicted octanol–water partition coefficient (Wildman–Crippen LogP) is 1.78. The van der Waals surface area contributed by atoms with Crippen molar-refractivity contribution in [2.45, 2.75) is 29.5 Å². The number of rotatable bonds is 8. The largest absolute Gasteiger partial charge is 0.497 e. The smallest absolute Gasteiger partial charge is 0.187 e. The van der Waals surface area contributed by atoms with E-state index in [1.807, 2.05) is 24.3 Å². The molecule has 0 aromatic heterocycles. The molecule has 0 aliphatic carbocycles. The Morgan fingerprint density at radius 3 is 2.37 bits per heavy atom. The Bertz CT molecular complexity index is 1090. The molecule has 1 fully saturated rings. The number of aryl methyl sites for hydroxylation is 1. The molecule has 1 saturated heterocycles.